The molecule has 0 aliphatic heterocycles. The van der Waals surface area contributed by atoms with Crippen molar-refractivity contribution in [1.82, 2.24) is 19.8 Å². The number of aromatic nitrogens is 4. The van der Waals surface area contributed by atoms with Gasteiger partial charge in [0.2, 0.25) is 5.88 Å². The van der Waals surface area contributed by atoms with Gasteiger partial charge >= 0.3 is 0 Å². The molecule has 0 radical (unpaired) electrons. The molecule has 0 saturated carbocycles. The van der Waals surface area contributed by atoms with Crippen molar-refractivity contribution in [3.05, 3.63) is 18.0 Å². The van der Waals surface area contributed by atoms with Gasteiger partial charge in [-0.05, 0) is 6.07 Å². The third kappa shape index (κ3) is 1.61. The zero-order valence-corrected chi connectivity index (χ0v) is 8.36. The van der Waals surface area contributed by atoms with Gasteiger partial charge < -0.3 is 10.5 Å². The Hall–Kier alpha value is -1.40. The van der Waals surface area contributed by atoms with Crippen LogP contribution in [0.1, 0.15) is 5.82 Å². The van der Waals surface area contributed by atoms with Crippen LogP contribution in [0.3, 0.4) is 0 Å². The first kappa shape index (κ1) is 10.7. The van der Waals surface area contributed by atoms with Crippen LogP contribution in [0.4, 0.5) is 0 Å². The van der Waals surface area contributed by atoms with Crippen molar-refractivity contribution in [2.75, 3.05) is 7.11 Å². The minimum atomic E-state index is 0. The van der Waals surface area contributed by atoms with Crippen LogP contribution in [0.25, 0.3) is 5.65 Å². The van der Waals surface area contributed by atoms with E-state index in [9.17, 15) is 0 Å². The summed E-state index contributed by atoms with van der Waals surface area (Å²) in [6, 6.07) is 3.50. The van der Waals surface area contributed by atoms with Gasteiger partial charge in [-0.3, -0.25) is 0 Å². The molecule has 6 nitrogen and oxygen atoms in total. The summed E-state index contributed by atoms with van der Waals surface area (Å²) < 4.78 is 6.53. The lowest BCUT2D eigenvalue weighted by Gasteiger charge is -1.98. The van der Waals surface area contributed by atoms with Crippen LogP contribution >= 0.6 is 12.4 Å². The first-order valence-corrected chi connectivity index (χ1v) is 3.80. The number of ether oxygens (including phenoxy) is 1. The molecule has 0 amide bonds. The second-order valence-corrected chi connectivity index (χ2v) is 2.47. The maximum atomic E-state index is 5.45. The van der Waals surface area contributed by atoms with Gasteiger partial charge in [0, 0.05) is 6.07 Å². The molecule has 0 aliphatic carbocycles. The van der Waals surface area contributed by atoms with Crippen molar-refractivity contribution in [1.29, 1.82) is 0 Å². The Morgan fingerprint density at radius 1 is 1.43 bits per heavy atom. The van der Waals surface area contributed by atoms with Crippen LogP contribution in [0.2, 0.25) is 0 Å². The van der Waals surface area contributed by atoms with E-state index < -0.39 is 0 Å². The lowest BCUT2D eigenvalue weighted by Crippen LogP contribution is -2.05. The highest BCUT2D eigenvalue weighted by molar-refractivity contribution is 5.85. The first-order valence-electron chi connectivity index (χ1n) is 3.80. The Bertz CT molecular complexity index is 429. The fraction of sp³-hybridized carbons (Fsp3) is 0.286. The molecule has 7 heteroatoms. The summed E-state index contributed by atoms with van der Waals surface area (Å²) in [6.45, 7) is 0.307. The van der Waals surface area contributed by atoms with E-state index in [4.69, 9.17) is 10.5 Å². The van der Waals surface area contributed by atoms with Crippen LogP contribution < -0.4 is 10.5 Å². The zero-order valence-electron chi connectivity index (χ0n) is 7.54. The first-order chi connectivity index (χ1) is 6.35. The lowest BCUT2D eigenvalue weighted by molar-refractivity contribution is 0.389. The highest BCUT2D eigenvalue weighted by Crippen LogP contribution is 2.07. The molecule has 0 saturated heterocycles. The second kappa shape index (κ2) is 4.21. The molecule has 76 valence electrons. The molecular weight excluding hydrogens is 206 g/mol. The summed E-state index contributed by atoms with van der Waals surface area (Å²) in [5.74, 6) is 1.14. The topological polar surface area (TPSA) is 78.3 Å². The molecule has 0 bridgehead atoms. The number of halogens is 1. The highest BCUT2D eigenvalue weighted by Gasteiger charge is 2.04. The Labute approximate surface area is 86.5 Å². The lowest BCUT2D eigenvalue weighted by atomic mass is 10.5. The number of fused-ring (bicyclic) bond motifs is 1. The molecule has 0 unspecified atom stereocenters. The van der Waals surface area contributed by atoms with Gasteiger partial charge in [0.1, 0.15) is 0 Å². The standard InChI is InChI=1S/C7H9N5O.ClH/c1-13-7-3-2-5-9-10-6(4-8)12(5)11-7;/h2-3H,4,8H2,1H3;1H. The summed E-state index contributed by atoms with van der Waals surface area (Å²) in [4.78, 5) is 0. The van der Waals surface area contributed by atoms with Crippen molar-refractivity contribution >= 4 is 18.1 Å². The van der Waals surface area contributed by atoms with Gasteiger partial charge in [-0.25, -0.2) is 0 Å². The Kier molecular flexibility index (Phi) is 3.21. The average molecular weight is 216 g/mol. The van der Waals surface area contributed by atoms with Gasteiger partial charge in [-0.2, -0.15) is 4.52 Å². The predicted molar refractivity (Wildman–Crippen MR) is 52.5 cm³/mol. The maximum absolute atomic E-state index is 5.45. The Morgan fingerprint density at radius 2 is 2.21 bits per heavy atom. The molecule has 2 heterocycles. The third-order valence-corrected chi connectivity index (χ3v) is 1.69. The molecule has 2 rings (SSSR count). The number of methoxy groups -OCH3 is 1. The van der Waals surface area contributed by atoms with Crippen molar-refractivity contribution in [3.63, 3.8) is 0 Å². The summed E-state index contributed by atoms with van der Waals surface area (Å²) >= 11 is 0. The van der Waals surface area contributed by atoms with Crippen LogP contribution in [-0.2, 0) is 6.54 Å². The smallest absolute Gasteiger partial charge is 0.231 e. The number of hydrogen-bond donors (Lipinski definition) is 1. The largest absolute Gasteiger partial charge is 0.480 e. The highest BCUT2D eigenvalue weighted by atomic mass is 35.5. The molecule has 2 aromatic heterocycles. The molecule has 0 atom stereocenters. The van der Waals surface area contributed by atoms with Crippen LogP contribution in [-0.4, -0.2) is 26.9 Å². The molecule has 2 aromatic rings. The zero-order chi connectivity index (χ0) is 9.26. The molecule has 0 aliphatic rings. The minimum absolute atomic E-state index is 0. The Morgan fingerprint density at radius 3 is 2.86 bits per heavy atom. The quantitative estimate of drug-likeness (QED) is 0.764. The monoisotopic (exact) mass is 215 g/mol. The molecular formula is C7H10ClN5O. The Balaban J connectivity index is 0.000000980. The van der Waals surface area contributed by atoms with Gasteiger partial charge in [-0.1, -0.05) is 0 Å². The molecule has 14 heavy (non-hydrogen) atoms. The number of hydrogen-bond acceptors (Lipinski definition) is 5. The van der Waals surface area contributed by atoms with Crippen LogP contribution in [0.5, 0.6) is 5.88 Å². The van der Waals surface area contributed by atoms with E-state index >= 15 is 0 Å². The maximum Gasteiger partial charge on any atom is 0.231 e. The number of nitrogens with two attached hydrogens (primary N) is 1. The van der Waals surface area contributed by atoms with Crippen molar-refractivity contribution in [2.45, 2.75) is 6.54 Å². The predicted octanol–water partition coefficient (Wildman–Crippen LogP) is 0.0134. The number of nitrogens with zero attached hydrogens (tertiary/aromatic N) is 4. The summed E-state index contributed by atoms with van der Waals surface area (Å²) in [6.07, 6.45) is 0. The van der Waals surface area contributed by atoms with E-state index in [1.165, 1.54) is 0 Å². The average Bonchev–Trinajstić information content (AvgIpc) is 2.59. The van der Waals surface area contributed by atoms with E-state index in [0.717, 1.165) is 0 Å². The van der Waals surface area contributed by atoms with Gasteiger partial charge in [-0.15, -0.1) is 27.7 Å². The second-order valence-electron chi connectivity index (χ2n) is 2.47. The number of rotatable bonds is 2. The van der Waals surface area contributed by atoms with Crippen molar-refractivity contribution < 1.29 is 4.74 Å². The fourth-order valence-electron chi connectivity index (χ4n) is 1.05. The van der Waals surface area contributed by atoms with Crippen LogP contribution in [0.15, 0.2) is 12.1 Å². The van der Waals surface area contributed by atoms with Gasteiger partial charge in [0.25, 0.3) is 0 Å². The van der Waals surface area contributed by atoms with E-state index in [1.54, 1.807) is 23.8 Å². The molecule has 2 N–H and O–H groups in total. The fourth-order valence-corrected chi connectivity index (χ4v) is 1.05. The summed E-state index contributed by atoms with van der Waals surface area (Å²) in [5.41, 5.74) is 6.12. The van der Waals surface area contributed by atoms with Crippen molar-refractivity contribution in [2.24, 2.45) is 5.73 Å². The van der Waals surface area contributed by atoms with E-state index in [1.807, 2.05) is 0 Å². The van der Waals surface area contributed by atoms with E-state index in [-0.39, 0.29) is 12.4 Å². The molecule has 0 aromatic carbocycles. The van der Waals surface area contributed by atoms with Crippen molar-refractivity contribution in [3.8, 4) is 5.88 Å². The summed E-state index contributed by atoms with van der Waals surface area (Å²) in [5, 5.41) is 11.9. The minimum Gasteiger partial charge on any atom is -0.480 e. The van der Waals surface area contributed by atoms with Gasteiger partial charge in [0.15, 0.2) is 11.5 Å². The molecule has 0 spiro atoms. The van der Waals surface area contributed by atoms with E-state index in [2.05, 4.69) is 15.3 Å². The molecule has 0 fully saturated rings. The van der Waals surface area contributed by atoms with E-state index in [0.29, 0.717) is 23.9 Å². The SMILES string of the molecule is COc1ccc2nnc(CN)n2n1.Cl. The van der Waals surface area contributed by atoms with Gasteiger partial charge in [0.05, 0.1) is 13.7 Å². The summed E-state index contributed by atoms with van der Waals surface area (Å²) in [7, 11) is 1.56. The van der Waals surface area contributed by atoms with Crippen LogP contribution in [0, 0.1) is 0 Å². The third-order valence-electron chi connectivity index (χ3n) is 1.69. The normalized spacial score (nSPS) is 9.86.